The van der Waals surface area contributed by atoms with Crippen LogP contribution in [0.2, 0.25) is 0 Å². The van der Waals surface area contributed by atoms with E-state index in [-0.39, 0.29) is 24.6 Å². The predicted molar refractivity (Wildman–Crippen MR) is 97.4 cm³/mol. The summed E-state index contributed by atoms with van der Waals surface area (Å²) >= 11 is 0. The number of carbonyl (C=O) groups is 1. The number of aromatic nitrogens is 2. The number of benzene rings is 2. The highest BCUT2D eigenvalue weighted by Crippen LogP contribution is 2.13. The maximum atomic E-state index is 12.1. The van der Waals surface area contributed by atoms with E-state index in [1.807, 2.05) is 36.4 Å². The van der Waals surface area contributed by atoms with E-state index in [0.29, 0.717) is 16.8 Å². The van der Waals surface area contributed by atoms with E-state index in [2.05, 4.69) is 10.4 Å². The van der Waals surface area contributed by atoms with Crippen LogP contribution in [0.4, 0.5) is 0 Å². The average Bonchev–Trinajstić information content (AvgIpc) is 2.70. The van der Waals surface area contributed by atoms with E-state index in [1.165, 1.54) is 16.8 Å². The van der Waals surface area contributed by atoms with E-state index in [0.717, 1.165) is 5.56 Å². The second kappa shape index (κ2) is 7.90. The molecule has 1 heterocycles. The third kappa shape index (κ3) is 4.02. The van der Waals surface area contributed by atoms with Crippen molar-refractivity contribution in [3.8, 4) is 17.3 Å². The van der Waals surface area contributed by atoms with Gasteiger partial charge in [-0.05, 0) is 24.3 Å². The summed E-state index contributed by atoms with van der Waals surface area (Å²) in [6.45, 7) is 0.504. The van der Waals surface area contributed by atoms with Crippen LogP contribution in [-0.2, 0) is 6.54 Å². The molecule has 0 aliphatic heterocycles. The molecular formula is C20H16N4O2. The lowest BCUT2D eigenvalue weighted by atomic mass is 10.1. The van der Waals surface area contributed by atoms with Crippen molar-refractivity contribution in [3.63, 3.8) is 0 Å². The molecule has 0 aliphatic carbocycles. The largest absolute Gasteiger partial charge is 0.350 e. The SMILES string of the molecule is N#Cc1cccc(C(=O)NCCn2nc(-c3ccccc3)ccc2=O)c1. The first-order valence-electron chi connectivity index (χ1n) is 8.09. The fourth-order valence-electron chi connectivity index (χ4n) is 2.48. The Bertz CT molecular complexity index is 1020. The molecule has 0 spiro atoms. The molecule has 0 radical (unpaired) electrons. The molecule has 6 nitrogen and oxygen atoms in total. The van der Waals surface area contributed by atoms with Gasteiger partial charge in [-0.15, -0.1) is 0 Å². The fraction of sp³-hybridized carbons (Fsp3) is 0.100. The van der Waals surface area contributed by atoms with Crippen LogP contribution in [0.1, 0.15) is 15.9 Å². The van der Waals surface area contributed by atoms with Crippen molar-refractivity contribution >= 4 is 5.91 Å². The Hall–Kier alpha value is -3.72. The standard InChI is InChI=1S/C20H16N4O2/c21-14-15-5-4-8-17(13-15)20(26)22-11-12-24-19(25)10-9-18(23-24)16-6-2-1-3-7-16/h1-10,13H,11-12H2,(H,22,26). The van der Waals surface area contributed by atoms with Crippen molar-refractivity contribution in [1.82, 2.24) is 15.1 Å². The third-order valence-corrected chi connectivity index (χ3v) is 3.80. The summed E-state index contributed by atoms with van der Waals surface area (Å²) in [5, 5.41) is 16.0. The van der Waals surface area contributed by atoms with Crippen molar-refractivity contribution in [1.29, 1.82) is 5.26 Å². The first-order valence-corrected chi connectivity index (χ1v) is 8.09. The number of nitrogens with one attached hydrogen (secondary N) is 1. The summed E-state index contributed by atoms with van der Waals surface area (Å²) in [5.41, 5.74) is 2.20. The minimum Gasteiger partial charge on any atom is -0.350 e. The second-order valence-corrected chi connectivity index (χ2v) is 5.59. The Morgan fingerprint density at radius 2 is 1.88 bits per heavy atom. The van der Waals surface area contributed by atoms with E-state index >= 15 is 0 Å². The normalized spacial score (nSPS) is 10.1. The van der Waals surface area contributed by atoms with E-state index in [1.54, 1.807) is 24.3 Å². The van der Waals surface area contributed by atoms with Gasteiger partial charge >= 0.3 is 0 Å². The van der Waals surface area contributed by atoms with Gasteiger partial charge in [0.15, 0.2) is 0 Å². The van der Waals surface area contributed by atoms with Gasteiger partial charge in [-0.3, -0.25) is 9.59 Å². The minimum absolute atomic E-state index is 0.231. The molecule has 26 heavy (non-hydrogen) atoms. The summed E-state index contributed by atoms with van der Waals surface area (Å²) in [6, 6.07) is 21.2. The highest BCUT2D eigenvalue weighted by molar-refractivity contribution is 5.94. The molecule has 0 bridgehead atoms. The Kier molecular flexibility index (Phi) is 5.20. The lowest BCUT2D eigenvalue weighted by Gasteiger charge is -2.09. The minimum atomic E-state index is -0.297. The molecule has 2 aromatic carbocycles. The number of hydrogen-bond donors (Lipinski definition) is 1. The van der Waals surface area contributed by atoms with Crippen LogP contribution in [0, 0.1) is 11.3 Å². The Labute approximate surface area is 150 Å². The zero-order valence-electron chi connectivity index (χ0n) is 13.9. The van der Waals surface area contributed by atoms with Gasteiger partial charge in [-0.2, -0.15) is 10.4 Å². The topological polar surface area (TPSA) is 87.8 Å². The van der Waals surface area contributed by atoms with Crippen molar-refractivity contribution in [3.05, 3.63) is 88.2 Å². The van der Waals surface area contributed by atoms with Crippen LogP contribution in [0.3, 0.4) is 0 Å². The van der Waals surface area contributed by atoms with Gasteiger partial charge in [-0.25, -0.2) is 4.68 Å². The van der Waals surface area contributed by atoms with E-state index in [9.17, 15) is 9.59 Å². The lowest BCUT2D eigenvalue weighted by Crippen LogP contribution is -2.32. The molecule has 0 unspecified atom stereocenters. The summed E-state index contributed by atoms with van der Waals surface area (Å²) in [7, 11) is 0. The van der Waals surface area contributed by atoms with Crippen LogP contribution >= 0.6 is 0 Å². The van der Waals surface area contributed by atoms with Gasteiger partial charge < -0.3 is 5.32 Å². The van der Waals surface area contributed by atoms with E-state index in [4.69, 9.17) is 5.26 Å². The smallest absolute Gasteiger partial charge is 0.266 e. The molecule has 0 saturated carbocycles. The Balaban J connectivity index is 1.67. The number of hydrogen-bond acceptors (Lipinski definition) is 4. The zero-order valence-corrected chi connectivity index (χ0v) is 13.9. The molecule has 0 saturated heterocycles. The number of nitriles is 1. The lowest BCUT2D eigenvalue weighted by molar-refractivity contribution is 0.0951. The third-order valence-electron chi connectivity index (χ3n) is 3.80. The van der Waals surface area contributed by atoms with Gasteiger partial charge in [-0.1, -0.05) is 36.4 Å². The predicted octanol–water partition coefficient (Wildman–Crippen LogP) is 2.21. The maximum Gasteiger partial charge on any atom is 0.266 e. The molecule has 1 N–H and O–H groups in total. The fourth-order valence-corrected chi connectivity index (χ4v) is 2.48. The summed E-state index contributed by atoms with van der Waals surface area (Å²) < 4.78 is 1.33. The highest BCUT2D eigenvalue weighted by Gasteiger charge is 2.07. The molecule has 0 fully saturated rings. The first-order chi connectivity index (χ1) is 12.7. The van der Waals surface area contributed by atoms with Gasteiger partial charge in [0.05, 0.1) is 23.9 Å². The quantitative estimate of drug-likeness (QED) is 0.769. The zero-order chi connectivity index (χ0) is 18.4. The monoisotopic (exact) mass is 344 g/mol. The molecule has 3 rings (SSSR count). The Morgan fingerprint density at radius 3 is 2.65 bits per heavy atom. The number of carbonyl (C=O) groups excluding carboxylic acids is 1. The van der Waals surface area contributed by atoms with Crippen LogP contribution in [0.15, 0.2) is 71.5 Å². The molecule has 3 aromatic rings. The van der Waals surface area contributed by atoms with E-state index < -0.39 is 0 Å². The van der Waals surface area contributed by atoms with Crippen molar-refractivity contribution in [2.24, 2.45) is 0 Å². The van der Waals surface area contributed by atoms with Gasteiger partial charge in [0, 0.05) is 23.7 Å². The molecule has 6 heteroatoms. The van der Waals surface area contributed by atoms with Crippen LogP contribution in [0.5, 0.6) is 0 Å². The summed E-state index contributed by atoms with van der Waals surface area (Å²) in [4.78, 5) is 24.1. The molecule has 1 amide bonds. The van der Waals surface area contributed by atoms with Crippen molar-refractivity contribution in [2.75, 3.05) is 6.54 Å². The average molecular weight is 344 g/mol. The van der Waals surface area contributed by atoms with Crippen molar-refractivity contribution < 1.29 is 4.79 Å². The van der Waals surface area contributed by atoms with Crippen LogP contribution in [0.25, 0.3) is 11.3 Å². The van der Waals surface area contributed by atoms with Gasteiger partial charge in [0.2, 0.25) is 0 Å². The molecule has 0 aliphatic rings. The van der Waals surface area contributed by atoms with Gasteiger partial charge in [0.1, 0.15) is 0 Å². The maximum absolute atomic E-state index is 12.1. The first kappa shape index (κ1) is 17.1. The van der Waals surface area contributed by atoms with Crippen LogP contribution < -0.4 is 10.9 Å². The second-order valence-electron chi connectivity index (χ2n) is 5.59. The number of amides is 1. The molecule has 128 valence electrons. The number of rotatable bonds is 5. The molecule has 1 aromatic heterocycles. The molecular weight excluding hydrogens is 328 g/mol. The summed E-state index contributed by atoms with van der Waals surface area (Å²) in [5.74, 6) is -0.297. The van der Waals surface area contributed by atoms with Gasteiger partial charge in [0.25, 0.3) is 11.5 Å². The Morgan fingerprint density at radius 1 is 1.08 bits per heavy atom. The number of nitrogens with zero attached hydrogens (tertiary/aromatic N) is 3. The van der Waals surface area contributed by atoms with Crippen molar-refractivity contribution in [2.45, 2.75) is 6.54 Å². The summed E-state index contributed by atoms with van der Waals surface area (Å²) in [6.07, 6.45) is 0. The molecule has 0 atom stereocenters. The highest BCUT2D eigenvalue weighted by atomic mass is 16.1. The van der Waals surface area contributed by atoms with Crippen LogP contribution in [-0.4, -0.2) is 22.2 Å².